The fourth-order valence-corrected chi connectivity index (χ4v) is 4.33. The molecule has 4 aromatic carbocycles. The van der Waals surface area contributed by atoms with Gasteiger partial charge in [-0.2, -0.15) is 26.3 Å². The van der Waals surface area contributed by atoms with Gasteiger partial charge in [-0.3, -0.25) is 40.5 Å². The van der Waals surface area contributed by atoms with E-state index in [1.807, 2.05) is 0 Å². The summed E-state index contributed by atoms with van der Waals surface area (Å²) in [6.07, 6.45) is -10.6. The van der Waals surface area contributed by atoms with Gasteiger partial charge in [0.2, 0.25) is 0 Å². The summed E-state index contributed by atoms with van der Waals surface area (Å²) < 4.78 is 88.7. The van der Waals surface area contributed by atoms with E-state index in [4.69, 9.17) is 4.74 Å². The Morgan fingerprint density at radius 1 is 0.467 bits per heavy atom. The highest BCUT2D eigenvalue weighted by molar-refractivity contribution is 5.85. The van der Waals surface area contributed by atoms with Gasteiger partial charge in [0.25, 0.3) is 22.7 Å². The molecule has 0 bridgehead atoms. The first-order chi connectivity index (χ1) is 20.9. The Morgan fingerprint density at radius 2 is 0.778 bits per heavy atom. The summed E-state index contributed by atoms with van der Waals surface area (Å²) in [4.78, 5) is 41.6. The molecule has 0 atom stereocenters. The minimum atomic E-state index is -5.31. The summed E-state index contributed by atoms with van der Waals surface area (Å²) in [7, 11) is 0. The summed E-state index contributed by atoms with van der Waals surface area (Å²) >= 11 is 0. The van der Waals surface area contributed by atoms with Gasteiger partial charge in [-0.05, 0) is 59.7 Å². The fraction of sp³-hybridized carbons (Fsp3) is 0.0769. The summed E-state index contributed by atoms with van der Waals surface area (Å²) in [5.74, 6) is -1.61. The summed E-state index contributed by atoms with van der Waals surface area (Å²) in [5.41, 5.74) is -10.5. The van der Waals surface area contributed by atoms with Crippen LogP contribution in [0.15, 0.2) is 72.8 Å². The number of nitrogens with zero attached hydrogens (tertiary/aromatic N) is 4. The maximum absolute atomic E-state index is 13.8. The molecule has 4 rings (SSSR count). The summed E-state index contributed by atoms with van der Waals surface area (Å²) in [6.45, 7) is 0. The van der Waals surface area contributed by atoms with Crippen molar-refractivity contribution in [2.45, 2.75) is 12.4 Å². The molecule has 0 unspecified atom stereocenters. The van der Waals surface area contributed by atoms with E-state index < -0.39 is 99.7 Å². The highest BCUT2D eigenvalue weighted by atomic mass is 19.4. The van der Waals surface area contributed by atoms with Crippen LogP contribution in [-0.4, -0.2) is 19.7 Å². The molecule has 0 radical (unpaired) electrons. The number of nitro groups is 4. The minimum Gasteiger partial charge on any atom is -0.456 e. The Balaban J connectivity index is 2.08. The van der Waals surface area contributed by atoms with E-state index in [1.165, 1.54) is 0 Å². The van der Waals surface area contributed by atoms with E-state index >= 15 is 0 Å². The quantitative estimate of drug-likeness (QED) is 0.104. The van der Waals surface area contributed by atoms with Gasteiger partial charge >= 0.3 is 12.4 Å². The average Bonchev–Trinajstić information content (AvgIpc) is 2.95. The summed E-state index contributed by atoms with van der Waals surface area (Å²) in [5, 5.41) is 46.1. The first kappa shape index (κ1) is 31.8. The van der Waals surface area contributed by atoms with Crippen molar-refractivity contribution in [2.24, 2.45) is 0 Å². The van der Waals surface area contributed by atoms with Gasteiger partial charge < -0.3 is 4.74 Å². The molecule has 0 amide bonds. The monoisotopic (exact) mass is 638 g/mol. The molecule has 0 heterocycles. The second kappa shape index (κ2) is 11.5. The van der Waals surface area contributed by atoms with Crippen LogP contribution in [0.4, 0.5) is 49.1 Å². The number of hydrogen-bond donors (Lipinski definition) is 0. The molecule has 0 spiro atoms. The maximum atomic E-state index is 13.8. The third-order valence-electron chi connectivity index (χ3n) is 6.21. The molecule has 0 aromatic heterocycles. The largest absolute Gasteiger partial charge is 0.456 e. The van der Waals surface area contributed by atoms with Gasteiger partial charge in [-0.15, -0.1) is 0 Å². The second-order valence-electron chi connectivity index (χ2n) is 8.89. The molecule has 13 nitrogen and oxygen atoms in total. The van der Waals surface area contributed by atoms with Gasteiger partial charge in [0.05, 0.1) is 19.7 Å². The van der Waals surface area contributed by atoms with E-state index in [-0.39, 0.29) is 12.1 Å². The van der Waals surface area contributed by atoms with E-state index in [1.54, 1.807) is 0 Å². The lowest BCUT2D eigenvalue weighted by Gasteiger charge is -2.19. The van der Waals surface area contributed by atoms with Gasteiger partial charge in [-0.1, -0.05) is 0 Å². The normalized spacial score (nSPS) is 11.6. The molecule has 45 heavy (non-hydrogen) atoms. The van der Waals surface area contributed by atoms with Gasteiger partial charge in [0.1, 0.15) is 33.8 Å². The van der Waals surface area contributed by atoms with Crippen LogP contribution in [0.5, 0.6) is 11.5 Å². The molecular weight excluding hydrogens is 626 g/mol. The number of non-ortho nitro benzene ring substituents is 2. The van der Waals surface area contributed by atoms with Crippen molar-refractivity contribution in [3.05, 3.63) is 124 Å². The van der Waals surface area contributed by atoms with Crippen LogP contribution in [0.3, 0.4) is 0 Å². The molecule has 232 valence electrons. The van der Waals surface area contributed by atoms with Crippen LogP contribution in [0.2, 0.25) is 0 Å². The van der Waals surface area contributed by atoms with Crippen LogP contribution in [-0.2, 0) is 12.4 Å². The Kier molecular flexibility index (Phi) is 8.13. The van der Waals surface area contributed by atoms with Gasteiger partial charge in [-0.25, -0.2) is 0 Å². The van der Waals surface area contributed by atoms with Crippen molar-refractivity contribution in [3.8, 4) is 33.8 Å². The number of halogens is 6. The molecule has 0 aliphatic carbocycles. The zero-order valence-electron chi connectivity index (χ0n) is 21.7. The van der Waals surface area contributed by atoms with E-state index in [0.29, 0.717) is 12.1 Å². The van der Waals surface area contributed by atoms with Crippen LogP contribution < -0.4 is 4.74 Å². The Bertz CT molecular complexity index is 1720. The smallest absolute Gasteiger partial charge is 0.423 e. The SMILES string of the molecule is O=[N+]([O-])c1ccc(-c2c(Oc3ccc(C(F)(F)F)c([N+](=O)[O-])c3-c3ccc([N+](=O)[O-])cc3)ccc(C(F)(F)F)c2[N+](=O)[O-])cc1. The lowest BCUT2D eigenvalue weighted by atomic mass is 9.97. The van der Waals surface area contributed by atoms with Crippen molar-refractivity contribution in [1.82, 2.24) is 0 Å². The zero-order chi connectivity index (χ0) is 33.4. The number of nitro benzene ring substituents is 4. The predicted molar refractivity (Wildman–Crippen MR) is 140 cm³/mol. The molecule has 0 saturated carbocycles. The van der Waals surface area contributed by atoms with Crippen molar-refractivity contribution < 1.29 is 50.8 Å². The zero-order valence-corrected chi connectivity index (χ0v) is 21.7. The number of ether oxygens (including phenoxy) is 1. The number of hydrogen-bond acceptors (Lipinski definition) is 9. The Morgan fingerprint density at radius 3 is 1.02 bits per heavy atom. The van der Waals surface area contributed by atoms with Crippen LogP contribution in [0.1, 0.15) is 11.1 Å². The van der Waals surface area contributed by atoms with Crippen molar-refractivity contribution >= 4 is 22.7 Å². The standard InChI is InChI=1S/C26H12F6N4O9/c27-25(28,29)17-9-11-19(21(23(17)35(41)42)13-1-5-15(6-2-13)33(37)38)45-20-12-10-18(26(30,31)32)24(36(43)44)22(20)14-3-7-16(8-4-14)34(39)40/h1-12H. The number of rotatable bonds is 8. The molecule has 0 saturated heterocycles. The number of alkyl halides is 6. The summed E-state index contributed by atoms with van der Waals surface area (Å²) in [6, 6.07) is 8.34. The number of benzene rings is 4. The molecule has 0 N–H and O–H groups in total. The van der Waals surface area contributed by atoms with Crippen molar-refractivity contribution in [1.29, 1.82) is 0 Å². The predicted octanol–water partition coefficient (Wildman–Crippen LogP) is 8.48. The first-order valence-electron chi connectivity index (χ1n) is 11.9. The lowest BCUT2D eigenvalue weighted by Crippen LogP contribution is -2.11. The molecule has 0 aliphatic heterocycles. The molecular formula is C26H12F6N4O9. The fourth-order valence-electron chi connectivity index (χ4n) is 4.33. The maximum Gasteiger partial charge on any atom is 0.423 e. The van der Waals surface area contributed by atoms with Crippen LogP contribution in [0.25, 0.3) is 22.3 Å². The van der Waals surface area contributed by atoms with Crippen LogP contribution in [0, 0.1) is 40.5 Å². The first-order valence-corrected chi connectivity index (χ1v) is 11.9. The molecule has 4 aromatic rings. The Labute approximate surface area is 244 Å². The highest BCUT2D eigenvalue weighted by Crippen LogP contribution is 2.51. The second-order valence-corrected chi connectivity index (χ2v) is 8.89. The third kappa shape index (κ3) is 6.31. The molecule has 0 aliphatic rings. The third-order valence-corrected chi connectivity index (χ3v) is 6.21. The molecule has 0 fully saturated rings. The highest BCUT2D eigenvalue weighted by Gasteiger charge is 2.43. The van der Waals surface area contributed by atoms with Crippen molar-refractivity contribution in [2.75, 3.05) is 0 Å². The van der Waals surface area contributed by atoms with E-state index in [9.17, 15) is 66.8 Å². The lowest BCUT2D eigenvalue weighted by molar-refractivity contribution is -0.387. The topological polar surface area (TPSA) is 182 Å². The van der Waals surface area contributed by atoms with E-state index in [2.05, 4.69) is 0 Å². The Hall–Kier alpha value is -6.14. The average molecular weight is 638 g/mol. The van der Waals surface area contributed by atoms with Gasteiger partial charge in [0.15, 0.2) is 0 Å². The van der Waals surface area contributed by atoms with Crippen LogP contribution >= 0.6 is 0 Å². The molecule has 19 heteroatoms. The minimum absolute atomic E-state index is 0.242. The van der Waals surface area contributed by atoms with E-state index in [0.717, 1.165) is 48.5 Å². The van der Waals surface area contributed by atoms with Gasteiger partial charge in [0, 0.05) is 24.3 Å². The van der Waals surface area contributed by atoms with Crippen molar-refractivity contribution in [3.63, 3.8) is 0 Å².